The molecule has 19 heavy (non-hydrogen) atoms. The number of carbonyl (C=O) groups is 1. The third-order valence-corrected chi connectivity index (χ3v) is 2.80. The topological polar surface area (TPSA) is 85.0 Å². The molecule has 0 saturated carbocycles. The van der Waals surface area contributed by atoms with Gasteiger partial charge in [0.1, 0.15) is 0 Å². The second kappa shape index (κ2) is 5.05. The van der Waals surface area contributed by atoms with Gasteiger partial charge in [-0.3, -0.25) is 14.9 Å². The highest BCUT2D eigenvalue weighted by Gasteiger charge is 2.32. The predicted molar refractivity (Wildman–Crippen MR) is 67.8 cm³/mol. The second-order valence-electron chi connectivity index (χ2n) is 4.34. The number of para-hydroxylation sites is 1. The van der Waals surface area contributed by atoms with Crippen molar-refractivity contribution in [1.29, 1.82) is 0 Å². The standard InChI is InChI=1S/C12H13N3O4/c1-14(2)12(16)11-7-9(13-19-11)8-5-3-4-6-10(8)15(17)18/h3-6,11H,7H2,1-2H3. The van der Waals surface area contributed by atoms with Crippen molar-refractivity contribution in [2.75, 3.05) is 14.1 Å². The Balaban J connectivity index is 2.22. The Morgan fingerprint density at radius 2 is 2.16 bits per heavy atom. The highest BCUT2D eigenvalue weighted by atomic mass is 16.6. The number of likely N-dealkylation sites (N-methyl/N-ethyl adjacent to an activating group) is 1. The molecule has 1 aliphatic rings. The molecule has 0 bridgehead atoms. The monoisotopic (exact) mass is 263 g/mol. The van der Waals surface area contributed by atoms with E-state index in [0.29, 0.717) is 11.3 Å². The Hall–Kier alpha value is -2.44. The highest BCUT2D eigenvalue weighted by Crippen LogP contribution is 2.24. The van der Waals surface area contributed by atoms with Crippen LogP contribution < -0.4 is 0 Å². The first-order valence-corrected chi connectivity index (χ1v) is 5.68. The van der Waals surface area contributed by atoms with Crippen molar-refractivity contribution in [1.82, 2.24) is 4.90 Å². The molecule has 2 rings (SSSR count). The Bertz CT molecular complexity index is 554. The van der Waals surface area contributed by atoms with Crippen molar-refractivity contribution >= 4 is 17.3 Å². The lowest BCUT2D eigenvalue weighted by Crippen LogP contribution is -2.33. The number of rotatable bonds is 3. The predicted octanol–water partition coefficient (Wildman–Crippen LogP) is 1.18. The smallest absolute Gasteiger partial charge is 0.278 e. The maximum Gasteiger partial charge on any atom is 0.278 e. The summed E-state index contributed by atoms with van der Waals surface area (Å²) in [6, 6.07) is 6.27. The lowest BCUT2D eigenvalue weighted by molar-refractivity contribution is -0.385. The second-order valence-corrected chi connectivity index (χ2v) is 4.34. The molecular weight excluding hydrogens is 250 g/mol. The molecule has 0 aliphatic carbocycles. The van der Waals surface area contributed by atoms with Gasteiger partial charge in [0.05, 0.1) is 16.2 Å². The van der Waals surface area contributed by atoms with E-state index in [0.717, 1.165) is 0 Å². The van der Waals surface area contributed by atoms with E-state index in [9.17, 15) is 14.9 Å². The van der Waals surface area contributed by atoms with Crippen molar-refractivity contribution in [3.8, 4) is 0 Å². The van der Waals surface area contributed by atoms with Crippen LogP contribution in [0.1, 0.15) is 12.0 Å². The van der Waals surface area contributed by atoms with Gasteiger partial charge in [0.15, 0.2) is 0 Å². The van der Waals surface area contributed by atoms with E-state index >= 15 is 0 Å². The van der Waals surface area contributed by atoms with E-state index in [-0.39, 0.29) is 18.0 Å². The molecule has 7 nitrogen and oxygen atoms in total. The summed E-state index contributed by atoms with van der Waals surface area (Å²) in [6.45, 7) is 0. The first-order valence-electron chi connectivity index (χ1n) is 5.68. The summed E-state index contributed by atoms with van der Waals surface area (Å²) in [5.74, 6) is -0.211. The Morgan fingerprint density at radius 3 is 2.79 bits per heavy atom. The fraction of sp³-hybridized carbons (Fsp3) is 0.333. The normalized spacial score (nSPS) is 17.6. The van der Waals surface area contributed by atoms with Crippen LogP contribution in [0.15, 0.2) is 29.4 Å². The third kappa shape index (κ3) is 2.54. The summed E-state index contributed by atoms with van der Waals surface area (Å²) in [7, 11) is 3.24. The molecule has 0 aromatic heterocycles. The van der Waals surface area contributed by atoms with Gasteiger partial charge in [-0.05, 0) is 6.07 Å². The fourth-order valence-corrected chi connectivity index (χ4v) is 1.83. The number of hydrogen-bond donors (Lipinski definition) is 0. The van der Waals surface area contributed by atoms with Gasteiger partial charge in [0.2, 0.25) is 6.10 Å². The van der Waals surface area contributed by atoms with Gasteiger partial charge < -0.3 is 9.74 Å². The van der Waals surface area contributed by atoms with Crippen LogP contribution in [0.3, 0.4) is 0 Å². The summed E-state index contributed by atoms with van der Waals surface area (Å²) in [4.78, 5) is 28.7. The van der Waals surface area contributed by atoms with Gasteiger partial charge in [-0.15, -0.1) is 0 Å². The van der Waals surface area contributed by atoms with Gasteiger partial charge in [0, 0.05) is 26.6 Å². The van der Waals surface area contributed by atoms with E-state index in [1.165, 1.54) is 11.0 Å². The highest BCUT2D eigenvalue weighted by molar-refractivity contribution is 6.06. The van der Waals surface area contributed by atoms with E-state index in [1.54, 1.807) is 32.3 Å². The maximum atomic E-state index is 11.7. The first kappa shape index (κ1) is 13.0. The van der Waals surface area contributed by atoms with Crippen molar-refractivity contribution in [3.05, 3.63) is 39.9 Å². The maximum absolute atomic E-state index is 11.7. The van der Waals surface area contributed by atoms with E-state index in [2.05, 4.69) is 5.16 Å². The molecular formula is C12H13N3O4. The van der Waals surface area contributed by atoms with Gasteiger partial charge in [-0.1, -0.05) is 17.3 Å². The van der Waals surface area contributed by atoms with E-state index < -0.39 is 11.0 Å². The lowest BCUT2D eigenvalue weighted by Gasteiger charge is -2.13. The van der Waals surface area contributed by atoms with Gasteiger partial charge in [0.25, 0.3) is 11.6 Å². The largest absolute Gasteiger partial charge is 0.382 e. The number of nitro groups is 1. The van der Waals surface area contributed by atoms with Crippen LogP contribution in [0.4, 0.5) is 5.69 Å². The Labute approximate surface area is 109 Å². The molecule has 100 valence electrons. The van der Waals surface area contributed by atoms with Gasteiger partial charge in [-0.25, -0.2) is 0 Å². The summed E-state index contributed by atoms with van der Waals surface area (Å²) < 4.78 is 0. The molecule has 1 aliphatic heterocycles. The molecule has 1 amide bonds. The zero-order valence-corrected chi connectivity index (χ0v) is 10.6. The van der Waals surface area contributed by atoms with Crippen LogP contribution in [0.25, 0.3) is 0 Å². The summed E-state index contributed by atoms with van der Waals surface area (Å²) in [5, 5.41) is 14.7. The zero-order chi connectivity index (χ0) is 14.0. The first-order chi connectivity index (χ1) is 9.00. The van der Waals surface area contributed by atoms with Gasteiger partial charge in [-0.2, -0.15) is 0 Å². The minimum Gasteiger partial charge on any atom is -0.382 e. The van der Waals surface area contributed by atoms with Crippen molar-refractivity contribution in [2.45, 2.75) is 12.5 Å². The summed E-state index contributed by atoms with van der Waals surface area (Å²) in [5.41, 5.74) is 0.775. The average molecular weight is 263 g/mol. The quantitative estimate of drug-likeness (QED) is 0.605. The van der Waals surface area contributed by atoms with Crippen LogP contribution in [-0.4, -0.2) is 41.6 Å². The molecule has 1 heterocycles. The van der Waals surface area contributed by atoms with Crippen molar-refractivity contribution in [2.24, 2.45) is 5.16 Å². The summed E-state index contributed by atoms with van der Waals surface area (Å²) in [6.07, 6.45) is -0.466. The van der Waals surface area contributed by atoms with Crippen LogP contribution in [0, 0.1) is 10.1 Å². The fourth-order valence-electron chi connectivity index (χ4n) is 1.83. The number of nitrogens with zero attached hydrogens (tertiary/aromatic N) is 3. The van der Waals surface area contributed by atoms with E-state index in [1.807, 2.05) is 0 Å². The minimum atomic E-state index is -0.704. The molecule has 1 aromatic carbocycles. The van der Waals surface area contributed by atoms with Crippen LogP contribution in [0.5, 0.6) is 0 Å². The molecule has 1 aromatic rings. The number of hydrogen-bond acceptors (Lipinski definition) is 5. The molecule has 7 heteroatoms. The molecule has 0 spiro atoms. The molecule has 1 atom stereocenters. The molecule has 0 fully saturated rings. The number of carbonyl (C=O) groups excluding carboxylic acids is 1. The number of nitro benzene ring substituents is 1. The average Bonchev–Trinajstić information content (AvgIpc) is 2.87. The van der Waals surface area contributed by atoms with Gasteiger partial charge >= 0.3 is 0 Å². The van der Waals surface area contributed by atoms with Crippen LogP contribution in [0.2, 0.25) is 0 Å². The Morgan fingerprint density at radius 1 is 1.47 bits per heavy atom. The Kier molecular flexibility index (Phi) is 3.46. The molecule has 1 unspecified atom stereocenters. The summed E-state index contributed by atoms with van der Waals surface area (Å²) >= 11 is 0. The zero-order valence-electron chi connectivity index (χ0n) is 10.6. The van der Waals surface area contributed by atoms with Crippen molar-refractivity contribution < 1.29 is 14.6 Å². The van der Waals surface area contributed by atoms with Crippen LogP contribution in [-0.2, 0) is 9.63 Å². The van der Waals surface area contributed by atoms with Crippen molar-refractivity contribution in [3.63, 3.8) is 0 Å². The SMILES string of the molecule is CN(C)C(=O)C1CC(c2ccccc2[N+](=O)[O-])=NO1. The third-order valence-electron chi connectivity index (χ3n) is 2.80. The molecule has 0 N–H and O–H groups in total. The number of benzene rings is 1. The minimum absolute atomic E-state index is 0.0391. The molecule has 0 saturated heterocycles. The number of amides is 1. The lowest BCUT2D eigenvalue weighted by atomic mass is 10.0. The number of oxime groups is 1. The van der Waals surface area contributed by atoms with E-state index in [4.69, 9.17) is 4.84 Å². The molecule has 0 radical (unpaired) electrons. The van der Waals surface area contributed by atoms with Crippen LogP contribution >= 0.6 is 0 Å².